The van der Waals surface area contributed by atoms with E-state index in [4.69, 9.17) is 10.5 Å². The lowest BCUT2D eigenvalue weighted by Gasteiger charge is -2.26. The summed E-state index contributed by atoms with van der Waals surface area (Å²) < 4.78 is 5.33. The van der Waals surface area contributed by atoms with E-state index in [1.807, 2.05) is 6.92 Å². The van der Waals surface area contributed by atoms with Crippen LogP contribution < -0.4 is 11.1 Å². The quantitative estimate of drug-likeness (QED) is 0.443. The monoisotopic (exact) mass is 325 g/mol. The average Bonchev–Trinajstić information content (AvgIpc) is 2.83. The molecule has 3 N–H and O–H groups in total. The fourth-order valence-electron chi connectivity index (χ4n) is 2.48. The first kappa shape index (κ1) is 17.2. The lowest BCUT2D eigenvalue weighted by Crippen LogP contribution is -2.37. The summed E-state index contributed by atoms with van der Waals surface area (Å²) in [6.07, 6.45) is 1.98. The van der Waals surface area contributed by atoms with Gasteiger partial charge in [-0.05, 0) is 20.3 Å². The number of guanidine groups is 1. The van der Waals surface area contributed by atoms with Gasteiger partial charge in [-0.25, -0.2) is 4.98 Å². The van der Waals surface area contributed by atoms with Gasteiger partial charge in [0.05, 0.1) is 23.9 Å². The SMILES string of the molecule is Cc1nc(C)c(CCNC(N)=NCCCN2CCOCC2)s1. The zero-order chi connectivity index (χ0) is 15.8. The molecule has 1 saturated heterocycles. The number of nitrogens with one attached hydrogen (secondary N) is 1. The number of morpholine rings is 1. The van der Waals surface area contributed by atoms with Crippen molar-refractivity contribution in [2.75, 3.05) is 45.9 Å². The Labute approximate surface area is 136 Å². The number of hydrogen-bond donors (Lipinski definition) is 2. The Balaban J connectivity index is 1.58. The summed E-state index contributed by atoms with van der Waals surface area (Å²) in [5, 5.41) is 4.30. The molecule has 1 aromatic heterocycles. The molecule has 0 amide bonds. The van der Waals surface area contributed by atoms with Gasteiger partial charge in [0, 0.05) is 44.0 Å². The van der Waals surface area contributed by atoms with Crippen LogP contribution in [0, 0.1) is 13.8 Å². The van der Waals surface area contributed by atoms with Gasteiger partial charge in [-0.3, -0.25) is 9.89 Å². The number of nitrogens with zero attached hydrogens (tertiary/aromatic N) is 3. The van der Waals surface area contributed by atoms with Gasteiger partial charge in [-0.15, -0.1) is 11.3 Å². The molecule has 1 aliphatic rings. The van der Waals surface area contributed by atoms with Crippen molar-refractivity contribution >= 4 is 17.3 Å². The molecule has 1 fully saturated rings. The number of ether oxygens (including phenoxy) is 1. The Kier molecular flexibility index (Phi) is 7.08. The fourth-order valence-corrected chi connectivity index (χ4v) is 3.42. The zero-order valence-electron chi connectivity index (χ0n) is 13.6. The van der Waals surface area contributed by atoms with E-state index in [0.29, 0.717) is 5.96 Å². The van der Waals surface area contributed by atoms with Crippen LogP contribution in [0.4, 0.5) is 0 Å². The van der Waals surface area contributed by atoms with Crippen molar-refractivity contribution in [1.82, 2.24) is 15.2 Å². The van der Waals surface area contributed by atoms with Gasteiger partial charge in [0.2, 0.25) is 0 Å². The van der Waals surface area contributed by atoms with Crippen LogP contribution in [0.25, 0.3) is 0 Å². The van der Waals surface area contributed by atoms with Gasteiger partial charge in [-0.2, -0.15) is 0 Å². The molecule has 124 valence electrons. The van der Waals surface area contributed by atoms with Crippen LogP contribution in [0.1, 0.15) is 22.0 Å². The first-order valence-corrected chi connectivity index (χ1v) is 8.73. The van der Waals surface area contributed by atoms with Crippen molar-refractivity contribution in [3.05, 3.63) is 15.6 Å². The highest BCUT2D eigenvalue weighted by Gasteiger charge is 2.09. The standard InChI is InChI=1S/C15H27N5OS/c1-12-14(22-13(2)19-12)4-6-18-15(16)17-5-3-7-20-8-10-21-11-9-20/h3-11H2,1-2H3,(H3,16,17,18). The molecule has 7 heteroatoms. The third-order valence-corrected chi connectivity index (χ3v) is 4.81. The van der Waals surface area contributed by atoms with Crippen LogP contribution in [0.3, 0.4) is 0 Å². The van der Waals surface area contributed by atoms with Crippen molar-refractivity contribution < 1.29 is 4.74 Å². The normalized spacial score (nSPS) is 16.9. The largest absolute Gasteiger partial charge is 0.379 e. The molecule has 1 aromatic rings. The van der Waals surface area contributed by atoms with Gasteiger partial charge in [-0.1, -0.05) is 0 Å². The third-order valence-electron chi connectivity index (χ3n) is 3.68. The Hall–Kier alpha value is -1.18. The molecule has 0 spiro atoms. The average molecular weight is 325 g/mol. The Morgan fingerprint density at radius 3 is 2.86 bits per heavy atom. The maximum Gasteiger partial charge on any atom is 0.188 e. The summed E-state index contributed by atoms with van der Waals surface area (Å²) in [6, 6.07) is 0. The molecule has 0 radical (unpaired) electrons. The highest BCUT2D eigenvalue weighted by atomic mass is 32.1. The molecule has 22 heavy (non-hydrogen) atoms. The Bertz CT molecular complexity index is 482. The molecule has 2 heterocycles. The van der Waals surface area contributed by atoms with Gasteiger partial charge >= 0.3 is 0 Å². The van der Waals surface area contributed by atoms with E-state index in [-0.39, 0.29) is 0 Å². The van der Waals surface area contributed by atoms with Crippen LogP contribution in [0.2, 0.25) is 0 Å². The maximum atomic E-state index is 5.89. The summed E-state index contributed by atoms with van der Waals surface area (Å²) in [5.74, 6) is 0.542. The highest BCUT2D eigenvalue weighted by molar-refractivity contribution is 7.11. The first-order chi connectivity index (χ1) is 10.6. The van der Waals surface area contributed by atoms with Gasteiger partial charge < -0.3 is 15.8 Å². The summed E-state index contributed by atoms with van der Waals surface area (Å²) in [6.45, 7) is 10.5. The summed E-state index contributed by atoms with van der Waals surface area (Å²) >= 11 is 1.76. The van der Waals surface area contributed by atoms with Crippen molar-refractivity contribution in [2.45, 2.75) is 26.7 Å². The predicted octanol–water partition coefficient (Wildman–Crippen LogP) is 0.929. The minimum absolute atomic E-state index is 0.542. The molecule has 1 aliphatic heterocycles. The number of rotatable bonds is 7. The van der Waals surface area contributed by atoms with Gasteiger partial charge in [0.25, 0.3) is 0 Å². The second-order valence-corrected chi connectivity index (χ2v) is 6.78. The highest BCUT2D eigenvalue weighted by Crippen LogP contribution is 2.16. The van der Waals surface area contributed by atoms with Crippen molar-refractivity contribution in [3.8, 4) is 0 Å². The van der Waals surface area contributed by atoms with Crippen LogP contribution in [0.15, 0.2) is 4.99 Å². The van der Waals surface area contributed by atoms with Crippen molar-refractivity contribution in [2.24, 2.45) is 10.7 Å². The van der Waals surface area contributed by atoms with E-state index in [1.165, 1.54) is 4.88 Å². The third kappa shape index (κ3) is 5.90. The van der Waals surface area contributed by atoms with Crippen LogP contribution >= 0.6 is 11.3 Å². The van der Waals surface area contributed by atoms with E-state index in [1.54, 1.807) is 11.3 Å². The van der Waals surface area contributed by atoms with E-state index in [0.717, 1.165) is 69.5 Å². The molecular formula is C15H27N5OS. The molecule has 0 atom stereocenters. The number of hydrogen-bond acceptors (Lipinski definition) is 5. The number of nitrogens with two attached hydrogens (primary N) is 1. The minimum atomic E-state index is 0.542. The second kappa shape index (κ2) is 9.07. The lowest BCUT2D eigenvalue weighted by atomic mass is 10.3. The summed E-state index contributed by atoms with van der Waals surface area (Å²) in [5.41, 5.74) is 7.02. The van der Waals surface area contributed by atoms with E-state index < -0.39 is 0 Å². The molecule has 0 unspecified atom stereocenters. The topological polar surface area (TPSA) is 75.8 Å². The van der Waals surface area contributed by atoms with Crippen molar-refractivity contribution in [1.29, 1.82) is 0 Å². The molecule has 0 bridgehead atoms. The lowest BCUT2D eigenvalue weighted by molar-refractivity contribution is 0.0377. The zero-order valence-corrected chi connectivity index (χ0v) is 14.4. The maximum absolute atomic E-state index is 5.89. The fraction of sp³-hybridized carbons (Fsp3) is 0.733. The predicted molar refractivity (Wildman–Crippen MR) is 91.7 cm³/mol. The van der Waals surface area contributed by atoms with Gasteiger partial charge in [0.15, 0.2) is 5.96 Å². The number of thiazole rings is 1. The summed E-state index contributed by atoms with van der Waals surface area (Å²) in [4.78, 5) is 12.5. The molecule has 0 saturated carbocycles. The van der Waals surface area contributed by atoms with Crippen molar-refractivity contribution in [3.63, 3.8) is 0 Å². The Morgan fingerprint density at radius 2 is 2.18 bits per heavy atom. The van der Waals surface area contributed by atoms with Crippen LogP contribution in [-0.4, -0.2) is 61.8 Å². The molecule has 0 aromatic carbocycles. The van der Waals surface area contributed by atoms with E-state index in [2.05, 4.69) is 27.1 Å². The number of aliphatic imine (C=N–C) groups is 1. The molecule has 0 aliphatic carbocycles. The molecular weight excluding hydrogens is 298 g/mol. The Morgan fingerprint density at radius 1 is 1.41 bits per heavy atom. The smallest absolute Gasteiger partial charge is 0.188 e. The second-order valence-electron chi connectivity index (χ2n) is 5.49. The van der Waals surface area contributed by atoms with Crippen LogP contribution in [0.5, 0.6) is 0 Å². The minimum Gasteiger partial charge on any atom is -0.379 e. The number of aromatic nitrogens is 1. The molecule has 2 rings (SSSR count). The first-order valence-electron chi connectivity index (χ1n) is 7.92. The van der Waals surface area contributed by atoms with Gasteiger partial charge in [0.1, 0.15) is 0 Å². The van der Waals surface area contributed by atoms with E-state index >= 15 is 0 Å². The van der Waals surface area contributed by atoms with E-state index in [9.17, 15) is 0 Å². The summed E-state index contributed by atoms with van der Waals surface area (Å²) in [7, 11) is 0. The van der Waals surface area contributed by atoms with Crippen LogP contribution in [-0.2, 0) is 11.2 Å². The number of aryl methyl sites for hydroxylation is 2. The molecule has 6 nitrogen and oxygen atoms in total.